The molecule has 0 unspecified atom stereocenters. The largest absolute Gasteiger partial charge is 0.462 e. The van der Waals surface area contributed by atoms with Crippen molar-refractivity contribution in [2.75, 3.05) is 11.9 Å². The third-order valence-electron chi connectivity index (χ3n) is 4.66. The van der Waals surface area contributed by atoms with E-state index < -0.39 is 21.9 Å². The number of sulfonamides is 1. The Bertz CT molecular complexity index is 1250. The molecule has 0 bridgehead atoms. The quantitative estimate of drug-likeness (QED) is 0.485. The second-order valence-electron chi connectivity index (χ2n) is 7.16. The highest BCUT2D eigenvalue weighted by atomic mass is 32.2. The van der Waals surface area contributed by atoms with Gasteiger partial charge in [-0.3, -0.25) is 10.1 Å². The maximum Gasteiger partial charge on any atom is 0.350 e. The molecule has 1 heterocycles. The standard InChI is InChI=1S/C22H21N3O5S2/c1-2-30-21(27)19-18(14-7-4-3-5-8-14)23-22(31-19)24-20(26)15-9-6-10-17(13-15)32(28,29)25-16-11-12-16/h3-10,13,16,25H,2,11-12H2,1H3,(H,23,24,26). The van der Waals surface area contributed by atoms with Gasteiger partial charge in [0.25, 0.3) is 5.91 Å². The number of amides is 1. The molecular formula is C22H21N3O5S2. The third-order valence-corrected chi connectivity index (χ3v) is 7.13. The zero-order chi connectivity index (χ0) is 22.7. The van der Waals surface area contributed by atoms with Crippen LogP contribution in [0.1, 0.15) is 39.8 Å². The average Bonchev–Trinajstić information content (AvgIpc) is 3.49. The molecule has 2 aromatic carbocycles. The maximum absolute atomic E-state index is 12.8. The molecule has 1 aromatic heterocycles. The molecule has 0 spiro atoms. The number of nitrogens with one attached hydrogen (secondary N) is 2. The Morgan fingerprint density at radius 1 is 1.12 bits per heavy atom. The Labute approximate surface area is 189 Å². The van der Waals surface area contributed by atoms with Gasteiger partial charge in [-0.25, -0.2) is 22.9 Å². The Morgan fingerprint density at radius 2 is 1.88 bits per heavy atom. The zero-order valence-electron chi connectivity index (χ0n) is 17.2. The number of anilines is 1. The lowest BCUT2D eigenvalue weighted by Crippen LogP contribution is -2.26. The van der Waals surface area contributed by atoms with E-state index in [4.69, 9.17) is 4.74 Å². The van der Waals surface area contributed by atoms with Gasteiger partial charge in [0.15, 0.2) is 5.13 Å². The van der Waals surface area contributed by atoms with Crippen LogP contribution in [-0.4, -0.2) is 37.9 Å². The first kappa shape index (κ1) is 22.1. The molecule has 166 valence electrons. The van der Waals surface area contributed by atoms with Gasteiger partial charge in [-0.05, 0) is 38.0 Å². The van der Waals surface area contributed by atoms with E-state index in [1.807, 2.05) is 30.3 Å². The molecule has 8 nitrogen and oxygen atoms in total. The summed E-state index contributed by atoms with van der Waals surface area (Å²) >= 11 is 1.00. The summed E-state index contributed by atoms with van der Waals surface area (Å²) in [6.07, 6.45) is 1.63. The monoisotopic (exact) mass is 471 g/mol. The first-order valence-electron chi connectivity index (χ1n) is 10.0. The first-order chi connectivity index (χ1) is 15.4. The molecule has 4 rings (SSSR count). The smallest absolute Gasteiger partial charge is 0.350 e. The zero-order valence-corrected chi connectivity index (χ0v) is 18.8. The van der Waals surface area contributed by atoms with Crippen LogP contribution in [0.4, 0.5) is 5.13 Å². The van der Waals surface area contributed by atoms with Crippen molar-refractivity contribution >= 4 is 38.4 Å². The van der Waals surface area contributed by atoms with Gasteiger partial charge in [0, 0.05) is 17.2 Å². The molecule has 0 aliphatic heterocycles. The normalized spacial score (nSPS) is 13.5. The third kappa shape index (κ3) is 5.04. The van der Waals surface area contributed by atoms with Crippen LogP contribution in [0.3, 0.4) is 0 Å². The molecule has 3 aromatic rings. The molecular weight excluding hydrogens is 450 g/mol. The number of thiazole rings is 1. The van der Waals surface area contributed by atoms with Gasteiger partial charge in [-0.2, -0.15) is 0 Å². The summed E-state index contributed by atoms with van der Waals surface area (Å²) in [6.45, 7) is 1.92. The van der Waals surface area contributed by atoms with Gasteiger partial charge in [0.05, 0.1) is 17.2 Å². The van der Waals surface area contributed by atoms with Gasteiger partial charge in [0.2, 0.25) is 10.0 Å². The summed E-state index contributed by atoms with van der Waals surface area (Å²) in [5.41, 5.74) is 1.29. The van der Waals surface area contributed by atoms with Crippen molar-refractivity contribution in [2.24, 2.45) is 0 Å². The molecule has 0 saturated heterocycles. The average molecular weight is 472 g/mol. The van der Waals surface area contributed by atoms with Gasteiger partial charge in [0.1, 0.15) is 4.88 Å². The number of carbonyl (C=O) groups is 2. The molecule has 32 heavy (non-hydrogen) atoms. The van der Waals surface area contributed by atoms with E-state index in [1.54, 1.807) is 6.92 Å². The summed E-state index contributed by atoms with van der Waals surface area (Å²) in [5, 5.41) is 2.87. The molecule has 1 saturated carbocycles. The Morgan fingerprint density at radius 3 is 2.56 bits per heavy atom. The van der Waals surface area contributed by atoms with Gasteiger partial charge in [-0.1, -0.05) is 47.7 Å². The van der Waals surface area contributed by atoms with Crippen molar-refractivity contribution < 1.29 is 22.7 Å². The van der Waals surface area contributed by atoms with Crippen molar-refractivity contribution in [3.63, 3.8) is 0 Å². The second kappa shape index (κ2) is 9.19. The van der Waals surface area contributed by atoms with Crippen molar-refractivity contribution in [2.45, 2.75) is 30.7 Å². The number of nitrogens with zero attached hydrogens (tertiary/aromatic N) is 1. The van der Waals surface area contributed by atoms with Gasteiger partial charge < -0.3 is 4.74 Å². The second-order valence-corrected chi connectivity index (χ2v) is 9.87. The lowest BCUT2D eigenvalue weighted by Gasteiger charge is -2.07. The fraction of sp³-hybridized carbons (Fsp3) is 0.227. The SMILES string of the molecule is CCOC(=O)c1sc(NC(=O)c2cccc(S(=O)(=O)NC3CC3)c2)nc1-c1ccccc1. The van der Waals surface area contributed by atoms with Crippen LogP contribution >= 0.6 is 11.3 Å². The molecule has 10 heteroatoms. The van der Waals surface area contributed by atoms with Crippen molar-refractivity contribution in [1.29, 1.82) is 0 Å². The van der Waals surface area contributed by atoms with E-state index in [1.165, 1.54) is 24.3 Å². The van der Waals surface area contributed by atoms with Crippen LogP contribution in [0.5, 0.6) is 0 Å². The summed E-state index contributed by atoms with van der Waals surface area (Å²) < 4.78 is 32.6. The predicted molar refractivity (Wildman–Crippen MR) is 121 cm³/mol. The number of carbonyl (C=O) groups excluding carboxylic acids is 2. The Kier molecular flexibility index (Phi) is 6.35. The number of benzene rings is 2. The topological polar surface area (TPSA) is 114 Å². The minimum absolute atomic E-state index is 0.0216. The Hall–Kier alpha value is -3.08. The van der Waals surface area contributed by atoms with Crippen molar-refractivity contribution in [3.8, 4) is 11.3 Å². The lowest BCUT2D eigenvalue weighted by atomic mass is 10.1. The highest BCUT2D eigenvalue weighted by molar-refractivity contribution is 7.89. The summed E-state index contributed by atoms with van der Waals surface area (Å²) in [7, 11) is -3.69. The Balaban J connectivity index is 1.59. The van der Waals surface area contributed by atoms with Crippen LogP contribution < -0.4 is 10.0 Å². The van der Waals surface area contributed by atoms with Crippen LogP contribution in [-0.2, 0) is 14.8 Å². The molecule has 2 N–H and O–H groups in total. The van der Waals surface area contributed by atoms with Gasteiger partial charge in [-0.15, -0.1) is 0 Å². The fourth-order valence-corrected chi connectivity index (χ4v) is 5.19. The maximum atomic E-state index is 12.8. The fourth-order valence-electron chi connectivity index (χ4n) is 2.96. The molecule has 0 atom stereocenters. The minimum Gasteiger partial charge on any atom is -0.462 e. The highest BCUT2D eigenvalue weighted by Crippen LogP contribution is 2.32. The number of hydrogen-bond acceptors (Lipinski definition) is 7. The van der Waals surface area contributed by atoms with E-state index >= 15 is 0 Å². The minimum atomic E-state index is -3.69. The summed E-state index contributed by atoms with van der Waals surface area (Å²) in [4.78, 5) is 29.9. The van der Waals surface area contributed by atoms with E-state index in [-0.39, 0.29) is 33.1 Å². The molecule has 1 aliphatic carbocycles. The number of ether oxygens (including phenoxy) is 1. The van der Waals surface area contributed by atoms with Crippen LogP contribution in [0.15, 0.2) is 59.5 Å². The van der Waals surface area contributed by atoms with Gasteiger partial charge >= 0.3 is 5.97 Å². The molecule has 1 amide bonds. The molecule has 1 fully saturated rings. The summed E-state index contributed by atoms with van der Waals surface area (Å²) in [5.74, 6) is -1.05. The van der Waals surface area contributed by atoms with Crippen molar-refractivity contribution in [1.82, 2.24) is 9.71 Å². The first-order valence-corrected chi connectivity index (χ1v) is 12.3. The number of hydrogen-bond donors (Lipinski definition) is 2. The highest BCUT2D eigenvalue weighted by Gasteiger charge is 2.28. The number of rotatable bonds is 8. The summed E-state index contributed by atoms with van der Waals surface area (Å²) in [6, 6.07) is 14.9. The van der Waals surface area contributed by atoms with E-state index in [9.17, 15) is 18.0 Å². The van der Waals surface area contributed by atoms with E-state index in [2.05, 4.69) is 15.0 Å². The van der Waals surface area contributed by atoms with E-state index in [0.717, 1.165) is 24.2 Å². The lowest BCUT2D eigenvalue weighted by molar-refractivity contribution is 0.0532. The van der Waals surface area contributed by atoms with Crippen LogP contribution in [0, 0.1) is 0 Å². The van der Waals surface area contributed by atoms with E-state index in [0.29, 0.717) is 11.3 Å². The number of esters is 1. The van der Waals surface area contributed by atoms with Crippen LogP contribution in [0.2, 0.25) is 0 Å². The number of aromatic nitrogens is 1. The predicted octanol–water partition coefficient (Wildman–Crippen LogP) is 3.68. The van der Waals surface area contributed by atoms with Crippen molar-refractivity contribution in [3.05, 3.63) is 65.0 Å². The van der Waals surface area contributed by atoms with Crippen LogP contribution in [0.25, 0.3) is 11.3 Å². The molecule has 0 radical (unpaired) electrons. The molecule has 1 aliphatic rings.